The highest BCUT2D eigenvalue weighted by atomic mass is 31.2. The van der Waals surface area contributed by atoms with Crippen LogP contribution in [0.15, 0.2) is 109 Å². The Morgan fingerprint density at radius 3 is 0.903 bits per heavy atom. The SMILES string of the molecule is CC/C=C\C/C=C\C/C=C\C/C=C\C/C=C\C/C=C\C/C=C\C/C=C\C/C=C\CCCC(=O)OC(COC(=O)CCCCCCCCCCCCCCCCCCCCCCCCCCCCCCCCCCCCCCCCCC)COP(=O)(O)OCC[N+](C)(C)C. The minimum Gasteiger partial charge on any atom is -0.462 e. The third kappa shape index (κ3) is 77.6. The number of carbonyl (C=O) groups excluding carboxylic acids is 2. The number of unbranched alkanes of at least 4 members (excludes halogenated alkanes) is 40. The lowest BCUT2D eigenvalue weighted by Crippen LogP contribution is -2.37. The lowest BCUT2D eigenvalue weighted by molar-refractivity contribution is -0.870. The number of hydrogen-bond donors (Lipinski definition) is 1. The maximum absolute atomic E-state index is 12.9. The van der Waals surface area contributed by atoms with Gasteiger partial charge in [-0.15, -0.1) is 0 Å². The summed E-state index contributed by atoms with van der Waals surface area (Å²) in [6.45, 7) is 4.29. The molecule has 0 aromatic rings. The van der Waals surface area contributed by atoms with Crippen molar-refractivity contribution in [3.8, 4) is 0 Å². The average molecular weight is 1320 g/mol. The average Bonchev–Trinajstić information content (AvgIpc) is 2.61. The molecule has 0 saturated carbocycles. The van der Waals surface area contributed by atoms with Crippen molar-refractivity contribution in [2.75, 3.05) is 47.5 Å². The summed E-state index contributed by atoms with van der Waals surface area (Å²) in [5, 5.41) is 0. The molecule has 0 fully saturated rings. The molecule has 0 bridgehead atoms. The van der Waals surface area contributed by atoms with E-state index in [9.17, 15) is 19.0 Å². The van der Waals surface area contributed by atoms with Gasteiger partial charge in [-0.05, 0) is 77.0 Å². The largest absolute Gasteiger partial charge is 0.472 e. The maximum atomic E-state index is 12.9. The van der Waals surface area contributed by atoms with Crippen LogP contribution in [-0.2, 0) is 32.7 Å². The van der Waals surface area contributed by atoms with Crippen LogP contribution in [0.1, 0.15) is 354 Å². The fraction of sp³-hybridized carbons (Fsp3) is 0.759. The summed E-state index contributed by atoms with van der Waals surface area (Å²) in [6, 6.07) is 0. The van der Waals surface area contributed by atoms with E-state index in [4.69, 9.17) is 18.5 Å². The van der Waals surface area contributed by atoms with Gasteiger partial charge in [0.25, 0.3) is 0 Å². The zero-order valence-electron chi connectivity index (χ0n) is 61.5. The minimum absolute atomic E-state index is 0.0165. The Bertz CT molecular complexity index is 1940. The normalized spacial score (nSPS) is 13.7. The monoisotopic (exact) mass is 1320 g/mol. The topological polar surface area (TPSA) is 108 Å². The standard InChI is InChI=1S/C83H148NO8P/c1-6-8-10-12-14-16-18-20-22-24-26-28-30-32-34-36-37-38-39-40-41-42-43-44-45-46-48-49-51-53-55-57-59-61-63-65-67-69-71-73-75-82(85)89-79-81(80-91-93(87,88)90-78-77-84(3,4)5)92-83(86)76-74-72-70-68-66-64-62-60-58-56-54-52-50-47-35-33-31-29-27-25-23-21-19-17-15-13-11-9-7-2/h9,11,15,17,21,23,27,29,33,35,50,52,56,58,62,64,68,70,81H,6-8,10,12-14,16,18-20,22,24-26,28,30-32,34,36-49,51,53-55,57,59-61,63,65-67,69,71-80H2,1-5H3/p+1/b11-9-,17-15-,23-21-,29-27-,35-33-,52-50-,58-56-,64-62-,70-68-. The highest BCUT2D eigenvalue weighted by molar-refractivity contribution is 7.47. The van der Waals surface area contributed by atoms with Crippen LogP contribution in [-0.4, -0.2) is 74.9 Å². The van der Waals surface area contributed by atoms with Crippen LogP contribution in [0.3, 0.4) is 0 Å². The van der Waals surface area contributed by atoms with Gasteiger partial charge in [-0.25, -0.2) is 4.57 Å². The van der Waals surface area contributed by atoms with Gasteiger partial charge in [0.15, 0.2) is 6.10 Å². The predicted octanol–water partition coefficient (Wildman–Crippen LogP) is 26.0. The molecular formula is C83H149NO8P+. The van der Waals surface area contributed by atoms with Crippen molar-refractivity contribution < 1.29 is 42.1 Å². The van der Waals surface area contributed by atoms with E-state index in [0.717, 1.165) is 77.0 Å². The van der Waals surface area contributed by atoms with Gasteiger partial charge in [-0.1, -0.05) is 374 Å². The Hall–Kier alpha value is -3.33. The molecule has 0 aliphatic rings. The molecule has 0 saturated heterocycles. The van der Waals surface area contributed by atoms with Gasteiger partial charge in [0, 0.05) is 12.8 Å². The van der Waals surface area contributed by atoms with Crippen molar-refractivity contribution in [2.45, 2.75) is 360 Å². The number of nitrogens with zero attached hydrogens (tertiary/aromatic N) is 1. The van der Waals surface area contributed by atoms with E-state index >= 15 is 0 Å². The van der Waals surface area contributed by atoms with E-state index in [1.165, 1.54) is 238 Å². The van der Waals surface area contributed by atoms with E-state index < -0.39 is 26.5 Å². The Kier molecular flexibility index (Phi) is 70.3. The molecule has 0 heterocycles. The molecule has 93 heavy (non-hydrogen) atoms. The number of esters is 2. The Labute approximate surface area is 576 Å². The number of quaternary nitrogens is 1. The van der Waals surface area contributed by atoms with Gasteiger partial charge < -0.3 is 18.9 Å². The first kappa shape index (κ1) is 89.7. The van der Waals surface area contributed by atoms with Crippen LogP contribution >= 0.6 is 7.82 Å². The summed E-state index contributed by atoms with van der Waals surface area (Å²) in [5.41, 5.74) is 0. The fourth-order valence-corrected chi connectivity index (χ4v) is 11.9. The summed E-state index contributed by atoms with van der Waals surface area (Å²) in [7, 11) is 1.44. The molecule has 538 valence electrons. The lowest BCUT2D eigenvalue weighted by atomic mass is 10.0. The smallest absolute Gasteiger partial charge is 0.462 e. The molecule has 1 N–H and O–H groups in total. The van der Waals surface area contributed by atoms with Crippen LogP contribution in [0.25, 0.3) is 0 Å². The number of phosphoric ester groups is 1. The molecule has 2 atom stereocenters. The van der Waals surface area contributed by atoms with Crippen molar-refractivity contribution in [1.29, 1.82) is 0 Å². The zero-order chi connectivity index (χ0) is 67.6. The van der Waals surface area contributed by atoms with Crippen LogP contribution in [0.2, 0.25) is 0 Å². The van der Waals surface area contributed by atoms with Gasteiger partial charge in [0.1, 0.15) is 19.8 Å². The summed E-state index contributed by atoms with van der Waals surface area (Å²) >= 11 is 0. The minimum atomic E-state index is -4.42. The van der Waals surface area contributed by atoms with E-state index in [0.29, 0.717) is 23.9 Å². The van der Waals surface area contributed by atoms with E-state index in [1.807, 2.05) is 21.1 Å². The molecule has 0 aliphatic heterocycles. The van der Waals surface area contributed by atoms with Crippen molar-refractivity contribution in [3.63, 3.8) is 0 Å². The van der Waals surface area contributed by atoms with E-state index in [1.54, 1.807) is 0 Å². The molecule has 0 rings (SSSR count). The van der Waals surface area contributed by atoms with Gasteiger partial charge in [0.05, 0.1) is 27.7 Å². The quantitative estimate of drug-likeness (QED) is 0.0211. The summed E-state index contributed by atoms with van der Waals surface area (Å²) in [4.78, 5) is 35.9. The molecule has 10 heteroatoms. The molecule has 9 nitrogen and oxygen atoms in total. The Morgan fingerprint density at radius 1 is 0.344 bits per heavy atom. The number of carbonyl (C=O) groups is 2. The molecule has 2 unspecified atom stereocenters. The second kappa shape index (κ2) is 72.9. The molecule has 0 aromatic heterocycles. The molecule has 0 amide bonds. The van der Waals surface area contributed by atoms with Gasteiger partial charge in [-0.3, -0.25) is 18.6 Å². The number of likely N-dealkylation sites (N-methyl/N-ethyl adjacent to an activating group) is 1. The van der Waals surface area contributed by atoms with E-state index in [-0.39, 0.29) is 32.0 Å². The third-order valence-corrected chi connectivity index (χ3v) is 18.1. The van der Waals surface area contributed by atoms with Crippen molar-refractivity contribution in [3.05, 3.63) is 109 Å². The van der Waals surface area contributed by atoms with Crippen molar-refractivity contribution in [2.24, 2.45) is 0 Å². The highest BCUT2D eigenvalue weighted by Gasteiger charge is 2.27. The number of hydrogen-bond acceptors (Lipinski definition) is 7. The van der Waals surface area contributed by atoms with Crippen LogP contribution in [0.4, 0.5) is 0 Å². The first-order chi connectivity index (χ1) is 45.5. The number of ether oxygens (including phenoxy) is 2. The third-order valence-electron chi connectivity index (χ3n) is 17.1. The van der Waals surface area contributed by atoms with Crippen molar-refractivity contribution >= 4 is 19.8 Å². The van der Waals surface area contributed by atoms with Crippen LogP contribution in [0.5, 0.6) is 0 Å². The maximum Gasteiger partial charge on any atom is 0.472 e. The number of rotatable bonds is 72. The van der Waals surface area contributed by atoms with Gasteiger partial charge in [-0.2, -0.15) is 0 Å². The summed E-state index contributed by atoms with van der Waals surface area (Å²) in [6.07, 6.45) is 104. The molecule has 0 aromatic carbocycles. The molecule has 0 radical (unpaired) electrons. The second-order valence-corrected chi connectivity index (χ2v) is 28.8. The molecular weight excluding hydrogens is 1170 g/mol. The summed E-state index contributed by atoms with van der Waals surface area (Å²) < 4.78 is 34.7. The second-order valence-electron chi connectivity index (χ2n) is 27.4. The summed E-state index contributed by atoms with van der Waals surface area (Å²) in [5.74, 6) is -0.861. The van der Waals surface area contributed by atoms with Crippen LogP contribution in [0, 0.1) is 0 Å². The molecule has 0 aliphatic carbocycles. The molecule has 0 spiro atoms. The zero-order valence-corrected chi connectivity index (χ0v) is 62.4. The highest BCUT2D eigenvalue weighted by Crippen LogP contribution is 2.43. The number of allylic oxidation sites excluding steroid dienone is 18. The first-order valence-corrected chi connectivity index (χ1v) is 40.6. The Balaban J connectivity index is 4.00. The Morgan fingerprint density at radius 2 is 0.613 bits per heavy atom. The lowest BCUT2D eigenvalue weighted by Gasteiger charge is -2.24. The van der Waals surface area contributed by atoms with E-state index in [2.05, 4.69) is 123 Å². The van der Waals surface area contributed by atoms with Gasteiger partial charge >= 0.3 is 19.8 Å². The van der Waals surface area contributed by atoms with Gasteiger partial charge in [0.2, 0.25) is 0 Å². The fourth-order valence-electron chi connectivity index (χ4n) is 11.1. The first-order valence-electron chi connectivity index (χ1n) is 39.1. The predicted molar refractivity (Wildman–Crippen MR) is 404 cm³/mol. The van der Waals surface area contributed by atoms with Crippen molar-refractivity contribution in [1.82, 2.24) is 0 Å². The number of phosphoric acid groups is 1. The van der Waals surface area contributed by atoms with Crippen LogP contribution < -0.4 is 0 Å².